The van der Waals surface area contributed by atoms with Crippen LogP contribution in [0.25, 0.3) is 0 Å². The summed E-state index contributed by atoms with van der Waals surface area (Å²) in [6, 6.07) is 10.6. The molecule has 21 heavy (non-hydrogen) atoms. The highest BCUT2D eigenvalue weighted by molar-refractivity contribution is 6.01. The summed E-state index contributed by atoms with van der Waals surface area (Å²) in [5.41, 5.74) is 9.76. The van der Waals surface area contributed by atoms with Crippen LogP contribution in [0.2, 0.25) is 0 Å². The molecule has 2 amide bonds. The molecule has 0 aromatic heterocycles. The van der Waals surface area contributed by atoms with Gasteiger partial charge in [0.2, 0.25) is 0 Å². The predicted molar refractivity (Wildman–Crippen MR) is 86.0 cm³/mol. The fraction of sp³-hybridized carbons (Fsp3) is 0.188. The fourth-order valence-corrected chi connectivity index (χ4v) is 2.03. The molecule has 2 aromatic rings. The Labute approximate surface area is 124 Å². The minimum absolute atomic E-state index is 0.342. The van der Waals surface area contributed by atoms with Crippen molar-refractivity contribution < 1.29 is 9.53 Å². The Bertz CT molecular complexity index is 669. The molecule has 0 saturated heterocycles. The van der Waals surface area contributed by atoms with E-state index in [1.54, 1.807) is 25.3 Å². The Morgan fingerprint density at radius 1 is 1.05 bits per heavy atom. The molecule has 0 radical (unpaired) electrons. The number of para-hydroxylation sites is 2. The van der Waals surface area contributed by atoms with Crippen LogP contribution in [0.4, 0.5) is 21.9 Å². The third kappa shape index (κ3) is 3.45. The maximum atomic E-state index is 12.1. The molecule has 0 bridgehead atoms. The second-order valence-corrected chi connectivity index (χ2v) is 4.80. The van der Waals surface area contributed by atoms with E-state index in [1.807, 2.05) is 32.0 Å². The van der Waals surface area contributed by atoms with Crippen molar-refractivity contribution in [2.45, 2.75) is 13.8 Å². The second-order valence-electron chi connectivity index (χ2n) is 4.80. The zero-order valence-electron chi connectivity index (χ0n) is 12.4. The van der Waals surface area contributed by atoms with Crippen molar-refractivity contribution >= 4 is 23.1 Å². The van der Waals surface area contributed by atoms with Crippen LogP contribution in [0.3, 0.4) is 0 Å². The Kier molecular flexibility index (Phi) is 4.33. The largest absolute Gasteiger partial charge is 0.495 e. The number of hydrogen-bond acceptors (Lipinski definition) is 3. The Balaban J connectivity index is 2.14. The molecule has 2 rings (SSSR count). The minimum Gasteiger partial charge on any atom is -0.495 e. The lowest BCUT2D eigenvalue weighted by Gasteiger charge is -2.13. The van der Waals surface area contributed by atoms with Gasteiger partial charge in [0, 0.05) is 11.4 Å². The first-order valence-corrected chi connectivity index (χ1v) is 6.59. The number of hydrogen-bond donors (Lipinski definition) is 3. The van der Waals surface area contributed by atoms with Crippen LogP contribution < -0.4 is 21.1 Å². The molecule has 0 aliphatic rings. The summed E-state index contributed by atoms with van der Waals surface area (Å²) in [7, 11) is 1.56. The number of methoxy groups -OCH3 is 1. The number of urea groups is 1. The molecule has 0 aliphatic heterocycles. The number of nitrogens with one attached hydrogen (secondary N) is 2. The lowest BCUT2D eigenvalue weighted by Crippen LogP contribution is -2.20. The van der Waals surface area contributed by atoms with Gasteiger partial charge in [-0.3, -0.25) is 0 Å². The van der Waals surface area contributed by atoms with Gasteiger partial charge in [-0.2, -0.15) is 0 Å². The average Bonchev–Trinajstić information content (AvgIpc) is 2.45. The van der Waals surface area contributed by atoms with Crippen LogP contribution in [0.5, 0.6) is 5.75 Å². The van der Waals surface area contributed by atoms with E-state index in [4.69, 9.17) is 10.5 Å². The first-order chi connectivity index (χ1) is 10.0. The highest BCUT2D eigenvalue weighted by atomic mass is 16.5. The molecule has 0 fully saturated rings. The topological polar surface area (TPSA) is 76.4 Å². The third-order valence-corrected chi connectivity index (χ3v) is 3.22. The average molecular weight is 285 g/mol. The van der Waals surface area contributed by atoms with Crippen molar-refractivity contribution in [1.29, 1.82) is 0 Å². The van der Waals surface area contributed by atoms with Gasteiger partial charge in [-0.05, 0) is 43.2 Å². The third-order valence-electron chi connectivity index (χ3n) is 3.22. The number of carbonyl (C=O) groups is 1. The van der Waals surface area contributed by atoms with E-state index >= 15 is 0 Å². The maximum absolute atomic E-state index is 12.1. The molecule has 4 N–H and O–H groups in total. The number of ether oxygens (including phenoxy) is 1. The summed E-state index contributed by atoms with van der Waals surface area (Å²) in [4.78, 5) is 12.1. The lowest BCUT2D eigenvalue weighted by atomic mass is 10.1. The number of benzene rings is 2. The van der Waals surface area contributed by atoms with E-state index in [0.717, 1.165) is 11.1 Å². The maximum Gasteiger partial charge on any atom is 0.323 e. The SMILES string of the molecule is COc1ccccc1NC(=O)Nc1cc(N)c(C)cc1C. The first-order valence-electron chi connectivity index (χ1n) is 6.59. The minimum atomic E-state index is -0.342. The lowest BCUT2D eigenvalue weighted by molar-refractivity contribution is 0.262. The van der Waals surface area contributed by atoms with E-state index < -0.39 is 0 Å². The number of nitrogens with two attached hydrogens (primary N) is 1. The van der Waals surface area contributed by atoms with Gasteiger partial charge in [-0.15, -0.1) is 0 Å². The van der Waals surface area contributed by atoms with E-state index in [9.17, 15) is 4.79 Å². The van der Waals surface area contributed by atoms with Gasteiger partial charge >= 0.3 is 6.03 Å². The highest BCUT2D eigenvalue weighted by Crippen LogP contribution is 2.25. The molecule has 0 spiro atoms. The van der Waals surface area contributed by atoms with E-state index in [1.165, 1.54) is 0 Å². The van der Waals surface area contributed by atoms with E-state index in [-0.39, 0.29) is 6.03 Å². The smallest absolute Gasteiger partial charge is 0.323 e. The predicted octanol–water partition coefficient (Wildman–Crippen LogP) is 3.54. The molecule has 0 unspecified atom stereocenters. The van der Waals surface area contributed by atoms with Crippen LogP contribution in [-0.4, -0.2) is 13.1 Å². The molecule has 5 nitrogen and oxygen atoms in total. The van der Waals surface area contributed by atoms with Crippen LogP contribution in [0.1, 0.15) is 11.1 Å². The summed E-state index contributed by atoms with van der Waals surface area (Å²) in [6.07, 6.45) is 0. The first kappa shape index (κ1) is 14.7. The number of rotatable bonds is 3. The number of carbonyl (C=O) groups excluding carboxylic acids is 1. The molecule has 2 aromatic carbocycles. The fourth-order valence-electron chi connectivity index (χ4n) is 2.03. The van der Waals surface area contributed by atoms with Crippen molar-refractivity contribution in [2.75, 3.05) is 23.5 Å². The van der Waals surface area contributed by atoms with Gasteiger partial charge in [0.25, 0.3) is 0 Å². The molecule has 0 aliphatic carbocycles. The molecule has 0 atom stereocenters. The molecule has 0 heterocycles. The van der Waals surface area contributed by atoms with Crippen LogP contribution in [0.15, 0.2) is 36.4 Å². The van der Waals surface area contributed by atoms with Gasteiger partial charge in [-0.25, -0.2) is 4.79 Å². The summed E-state index contributed by atoms with van der Waals surface area (Å²) in [6.45, 7) is 3.85. The van der Waals surface area contributed by atoms with Gasteiger partial charge < -0.3 is 21.1 Å². The Morgan fingerprint density at radius 2 is 1.71 bits per heavy atom. The monoisotopic (exact) mass is 285 g/mol. The van der Waals surface area contributed by atoms with Crippen molar-refractivity contribution in [3.63, 3.8) is 0 Å². The van der Waals surface area contributed by atoms with Crippen LogP contribution in [-0.2, 0) is 0 Å². The normalized spacial score (nSPS) is 10.0. The van der Waals surface area contributed by atoms with Crippen molar-refractivity contribution in [1.82, 2.24) is 0 Å². The standard InChI is InChI=1S/C16H19N3O2/c1-10-8-11(2)14(9-12(10)17)19-16(20)18-13-6-4-5-7-15(13)21-3/h4-9H,17H2,1-3H3,(H2,18,19,20). The van der Waals surface area contributed by atoms with E-state index in [0.29, 0.717) is 22.8 Å². The van der Waals surface area contributed by atoms with Crippen LogP contribution >= 0.6 is 0 Å². The zero-order valence-corrected chi connectivity index (χ0v) is 12.4. The van der Waals surface area contributed by atoms with Gasteiger partial charge in [0.05, 0.1) is 12.8 Å². The Hall–Kier alpha value is -2.69. The van der Waals surface area contributed by atoms with E-state index in [2.05, 4.69) is 10.6 Å². The number of aryl methyl sites for hydroxylation is 2. The zero-order chi connectivity index (χ0) is 15.4. The molecule has 5 heteroatoms. The summed E-state index contributed by atoms with van der Waals surface area (Å²) in [5, 5.41) is 5.55. The quantitative estimate of drug-likeness (QED) is 0.755. The van der Waals surface area contributed by atoms with Crippen LogP contribution in [0, 0.1) is 13.8 Å². The molecule has 110 valence electrons. The number of anilines is 3. The van der Waals surface area contributed by atoms with Gasteiger partial charge in [0.1, 0.15) is 5.75 Å². The van der Waals surface area contributed by atoms with Crippen molar-refractivity contribution in [3.8, 4) is 5.75 Å². The number of amides is 2. The molecule has 0 saturated carbocycles. The van der Waals surface area contributed by atoms with Crippen molar-refractivity contribution in [3.05, 3.63) is 47.5 Å². The summed E-state index contributed by atoms with van der Waals surface area (Å²) in [5.74, 6) is 0.604. The summed E-state index contributed by atoms with van der Waals surface area (Å²) >= 11 is 0. The number of nitrogen functional groups attached to an aromatic ring is 1. The molecular formula is C16H19N3O2. The van der Waals surface area contributed by atoms with Gasteiger partial charge in [0.15, 0.2) is 0 Å². The van der Waals surface area contributed by atoms with Gasteiger partial charge in [-0.1, -0.05) is 18.2 Å². The highest BCUT2D eigenvalue weighted by Gasteiger charge is 2.09. The summed E-state index contributed by atoms with van der Waals surface area (Å²) < 4.78 is 5.19. The Morgan fingerprint density at radius 3 is 2.43 bits per heavy atom. The second kappa shape index (κ2) is 6.17. The van der Waals surface area contributed by atoms with Crippen molar-refractivity contribution in [2.24, 2.45) is 0 Å². The molecular weight excluding hydrogens is 266 g/mol.